The number of hydrogen-bond acceptors (Lipinski definition) is 1. The van der Waals surface area contributed by atoms with Crippen LogP contribution in [0.2, 0.25) is 0 Å². The molecular formula is C44H28S. The molecule has 1 heterocycles. The molecule has 0 aliphatic carbocycles. The van der Waals surface area contributed by atoms with Gasteiger partial charge in [-0.1, -0.05) is 140 Å². The van der Waals surface area contributed by atoms with E-state index in [0.717, 1.165) is 0 Å². The van der Waals surface area contributed by atoms with E-state index in [9.17, 15) is 0 Å². The molecule has 0 nitrogen and oxygen atoms in total. The first-order valence-electron chi connectivity index (χ1n) is 15.4. The third-order valence-electron chi connectivity index (χ3n) is 9.05. The first kappa shape index (κ1) is 25.9. The van der Waals surface area contributed by atoms with E-state index in [0.29, 0.717) is 0 Å². The number of hydrogen-bond donors (Lipinski definition) is 0. The predicted molar refractivity (Wildman–Crippen MR) is 196 cm³/mol. The maximum Gasteiger partial charge on any atom is 0.0349 e. The lowest BCUT2D eigenvalue weighted by atomic mass is 9.84. The second kappa shape index (κ2) is 10.6. The Morgan fingerprint density at radius 3 is 1.36 bits per heavy atom. The third-order valence-corrected chi connectivity index (χ3v) is 10.2. The molecule has 0 radical (unpaired) electrons. The Morgan fingerprint density at radius 1 is 0.267 bits per heavy atom. The zero-order chi connectivity index (χ0) is 29.7. The molecular weight excluding hydrogens is 561 g/mol. The second-order valence-electron chi connectivity index (χ2n) is 11.7. The minimum Gasteiger partial charge on any atom is -0.135 e. The van der Waals surface area contributed by atoms with Crippen LogP contribution in [0.1, 0.15) is 0 Å². The molecule has 0 amide bonds. The molecule has 1 heteroatoms. The number of thiophene rings is 1. The normalized spacial score (nSPS) is 11.6. The average Bonchev–Trinajstić information content (AvgIpc) is 3.61. The Kier molecular flexibility index (Phi) is 6.11. The molecule has 0 N–H and O–H groups in total. The van der Waals surface area contributed by atoms with Crippen molar-refractivity contribution in [2.24, 2.45) is 0 Å². The van der Waals surface area contributed by atoms with Gasteiger partial charge >= 0.3 is 0 Å². The molecule has 9 aromatic rings. The highest BCUT2D eigenvalue weighted by Crippen LogP contribution is 2.46. The maximum absolute atomic E-state index is 2.43. The lowest BCUT2D eigenvalue weighted by Crippen LogP contribution is -1.92. The van der Waals surface area contributed by atoms with Gasteiger partial charge in [0, 0.05) is 9.75 Å². The van der Waals surface area contributed by atoms with E-state index < -0.39 is 0 Å². The lowest BCUT2D eigenvalue weighted by molar-refractivity contribution is 1.67. The number of fused-ring (bicyclic) bond motifs is 4. The summed E-state index contributed by atoms with van der Waals surface area (Å²) in [5, 5.41) is 10.1. The van der Waals surface area contributed by atoms with Crippen molar-refractivity contribution in [2.75, 3.05) is 0 Å². The van der Waals surface area contributed by atoms with E-state index in [1.54, 1.807) is 0 Å². The van der Waals surface area contributed by atoms with Gasteiger partial charge in [-0.15, -0.1) is 11.3 Å². The van der Waals surface area contributed by atoms with E-state index in [-0.39, 0.29) is 0 Å². The molecule has 45 heavy (non-hydrogen) atoms. The van der Waals surface area contributed by atoms with Crippen molar-refractivity contribution in [3.05, 3.63) is 170 Å². The van der Waals surface area contributed by atoms with Crippen molar-refractivity contribution in [1.82, 2.24) is 0 Å². The van der Waals surface area contributed by atoms with E-state index in [4.69, 9.17) is 0 Å². The molecule has 9 rings (SSSR count). The SMILES string of the molecule is c1ccc(-c2ccc(-c3ccc4c(-c5ccc6ccccc6c5)c5ccccc5c(-c5ccc6ccccc6c5)c4c3)s2)cc1. The van der Waals surface area contributed by atoms with Crippen LogP contribution in [0.4, 0.5) is 0 Å². The minimum absolute atomic E-state index is 1.24. The summed E-state index contributed by atoms with van der Waals surface area (Å²) in [6.07, 6.45) is 0. The van der Waals surface area contributed by atoms with Crippen LogP contribution in [-0.4, -0.2) is 0 Å². The Labute approximate surface area is 266 Å². The van der Waals surface area contributed by atoms with Gasteiger partial charge in [0.25, 0.3) is 0 Å². The van der Waals surface area contributed by atoms with Gasteiger partial charge in [0.2, 0.25) is 0 Å². The molecule has 0 fully saturated rings. The van der Waals surface area contributed by atoms with Crippen molar-refractivity contribution in [1.29, 1.82) is 0 Å². The first-order valence-corrected chi connectivity index (χ1v) is 16.2. The van der Waals surface area contributed by atoms with Crippen molar-refractivity contribution >= 4 is 54.4 Å². The maximum atomic E-state index is 2.43. The van der Waals surface area contributed by atoms with E-state index >= 15 is 0 Å². The van der Waals surface area contributed by atoms with Gasteiger partial charge < -0.3 is 0 Å². The summed E-state index contributed by atoms with van der Waals surface area (Å²) in [7, 11) is 0. The van der Waals surface area contributed by atoms with Crippen molar-refractivity contribution in [3.63, 3.8) is 0 Å². The Hall–Kier alpha value is -5.50. The summed E-state index contributed by atoms with van der Waals surface area (Å²) in [6, 6.07) is 62.4. The minimum atomic E-state index is 1.24. The topological polar surface area (TPSA) is 0 Å². The molecule has 210 valence electrons. The molecule has 0 aliphatic heterocycles. The standard InChI is InChI=1S/C44H28S/c1-2-12-31(13-3-1)41-24-25-42(45-41)34-22-23-39-40(28-34)44(36-21-19-30-11-5-7-15-33(30)27-36)38-17-9-8-16-37(38)43(39)35-20-18-29-10-4-6-14-32(29)26-35/h1-28H. The van der Waals surface area contributed by atoms with Crippen LogP contribution >= 0.6 is 11.3 Å². The number of rotatable bonds is 4. The van der Waals surface area contributed by atoms with Crippen molar-refractivity contribution in [2.45, 2.75) is 0 Å². The van der Waals surface area contributed by atoms with Crippen LogP contribution in [0.15, 0.2) is 170 Å². The van der Waals surface area contributed by atoms with Gasteiger partial charge in [-0.2, -0.15) is 0 Å². The van der Waals surface area contributed by atoms with Crippen LogP contribution < -0.4 is 0 Å². The predicted octanol–water partition coefficient (Wildman–Crippen LogP) is 13.0. The average molecular weight is 589 g/mol. The molecule has 0 saturated heterocycles. The fourth-order valence-corrected chi connectivity index (χ4v) is 7.90. The summed E-state index contributed by atoms with van der Waals surface area (Å²) < 4.78 is 0. The van der Waals surface area contributed by atoms with Crippen molar-refractivity contribution < 1.29 is 0 Å². The third kappa shape index (κ3) is 4.44. The zero-order valence-electron chi connectivity index (χ0n) is 24.6. The van der Waals surface area contributed by atoms with Crippen LogP contribution in [0.5, 0.6) is 0 Å². The summed E-state index contributed by atoms with van der Waals surface area (Å²) in [5.74, 6) is 0. The van der Waals surface area contributed by atoms with Gasteiger partial charge in [0.1, 0.15) is 0 Å². The summed E-state index contributed by atoms with van der Waals surface area (Å²) >= 11 is 1.86. The summed E-state index contributed by atoms with van der Waals surface area (Å²) in [4.78, 5) is 2.57. The first-order chi connectivity index (χ1) is 22.3. The fourth-order valence-electron chi connectivity index (χ4n) is 6.89. The quantitative estimate of drug-likeness (QED) is 0.179. The molecule has 0 unspecified atom stereocenters. The van der Waals surface area contributed by atoms with Gasteiger partial charge in [-0.05, 0) is 107 Å². The fraction of sp³-hybridized carbons (Fsp3) is 0. The van der Waals surface area contributed by atoms with Gasteiger partial charge in [-0.3, -0.25) is 0 Å². The summed E-state index contributed by atoms with van der Waals surface area (Å²) in [5.41, 5.74) is 7.58. The van der Waals surface area contributed by atoms with E-state index in [1.807, 2.05) is 11.3 Å². The largest absolute Gasteiger partial charge is 0.135 e. The van der Waals surface area contributed by atoms with Gasteiger partial charge in [0.05, 0.1) is 0 Å². The highest BCUT2D eigenvalue weighted by molar-refractivity contribution is 7.18. The van der Waals surface area contributed by atoms with Crippen LogP contribution in [0, 0.1) is 0 Å². The van der Waals surface area contributed by atoms with Gasteiger partial charge in [-0.25, -0.2) is 0 Å². The molecule has 0 saturated carbocycles. The smallest absolute Gasteiger partial charge is 0.0349 e. The zero-order valence-corrected chi connectivity index (χ0v) is 25.4. The molecule has 0 spiro atoms. The Balaban J connectivity index is 1.35. The van der Waals surface area contributed by atoms with Crippen LogP contribution in [0.3, 0.4) is 0 Å². The summed E-state index contributed by atoms with van der Waals surface area (Å²) in [6.45, 7) is 0. The Morgan fingerprint density at radius 2 is 0.733 bits per heavy atom. The molecule has 0 aliphatic rings. The van der Waals surface area contributed by atoms with Gasteiger partial charge in [0.15, 0.2) is 0 Å². The van der Waals surface area contributed by atoms with Crippen LogP contribution in [-0.2, 0) is 0 Å². The monoisotopic (exact) mass is 588 g/mol. The molecule has 8 aromatic carbocycles. The van der Waals surface area contributed by atoms with E-state index in [1.165, 1.54) is 86.2 Å². The van der Waals surface area contributed by atoms with E-state index in [2.05, 4.69) is 170 Å². The van der Waals surface area contributed by atoms with Crippen molar-refractivity contribution in [3.8, 4) is 43.1 Å². The number of benzene rings is 8. The highest BCUT2D eigenvalue weighted by atomic mass is 32.1. The van der Waals surface area contributed by atoms with Crippen LogP contribution in [0.25, 0.3) is 86.2 Å². The molecule has 1 aromatic heterocycles. The second-order valence-corrected chi connectivity index (χ2v) is 12.8. The lowest BCUT2D eigenvalue weighted by Gasteiger charge is -2.19. The highest BCUT2D eigenvalue weighted by Gasteiger charge is 2.18. The molecule has 0 bridgehead atoms. The molecule has 0 atom stereocenters. The Bertz CT molecular complexity index is 2530.